The maximum absolute atomic E-state index is 11.6. The van der Waals surface area contributed by atoms with Crippen molar-refractivity contribution in [1.29, 1.82) is 0 Å². The van der Waals surface area contributed by atoms with Gasteiger partial charge in [0.25, 0.3) is 0 Å². The second-order valence-electron chi connectivity index (χ2n) is 1.52. The lowest BCUT2D eigenvalue weighted by Gasteiger charge is -2.10. The molecule has 0 radical (unpaired) electrons. The third kappa shape index (κ3) is 5.64. The molecule has 1 atom stereocenters. The van der Waals surface area contributed by atoms with Gasteiger partial charge >= 0.3 is 6.18 Å². The number of halogens is 5. The summed E-state index contributed by atoms with van der Waals surface area (Å²) in [6.45, 7) is 0. The predicted molar refractivity (Wildman–Crippen MR) is 39.0 cm³/mol. The van der Waals surface area contributed by atoms with Crippen LogP contribution in [-0.2, 0) is 4.79 Å². The first kappa shape index (κ1) is 11.4. The molecule has 11 heavy (non-hydrogen) atoms. The van der Waals surface area contributed by atoms with Gasteiger partial charge in [0.2, 0.25) is 5.24 Å². The van der Waals surface area contributed by atoms with Gasteiger partial charge in [0.1, 0.15) is 0 Å². The fourth-order valence-electron chi connectivity index (χ4n) is 0.233. The van der Waals surface area contributed by atoms with Crippen LogP contribution >= 0.6 is 35.0 Å². The monoisotopic (exact) mass is 226 g/mol. The van der Waals surface area contributed by atoms with Gasteiger partial charge in [-0.2, -0.15) is 13.2 Å². The van der Waals surface area contributed by atoms with E-state index in [9.17, 15) is 18.0 Å². The zero-order valence-corrected chi connectivity index (χ0v) is 7.32. The molecule has 0 aliphatic rings. The van der Waals surface area contributed by atoms with E-state index in [2.05, 4.69) is 0 Å². The number of hydrogen-bond donors (Lipinski definition) is 0. The molecule has 0 spiro atoms. The molecule has 0 aromatic rings. The Morgan fingerprint density at radius 3 is 2.27 bits per heavy atom. The van der Waals surface area contributed by atoms with Gasteiger partial charge < -0.3 is 0 Å². The molecule has 0 aromatic heterocycles. The van der Waals surface area contributed by atoms with Crippen LogP contribution in [0.4, 0.5) is 13.2 Å². The Morgan fingerprint density at radius 2 is 2.00 bits per heavy atom. The van der Waals surface area contributed by atoms with Crippen LogP contribution in [0.3, 0.4) is 0 Å². The standard InChI is InChI=1S/C4H3Cl2F3OS/c5-2(10)1-11-3(6)4(7,8)9/h3H,1H2/t3-/m1/s1. The van der Waals surface area contributed by atoms with Crippen molar-refractivity contribution in [2.24, 2.45) is 0 Å². The summed E-state index contributed by atoms with van der Waals surface area (Å²) in [5, 5.41) is -0.843. The minimum Gasteiger partial charge on any atom is -0.280 e. The molecule has 0 fully saturated rings. The Balaban J connectivity index is 3.70. The smallest absolute Gasteiger partial charge is 0.280 e. The van der Waals surface area contributed by atoms with E-state index in [1.807, 2.05) is 0 Å². The van der Waals surface area contributed by atoms with Crippen LogP contribution in [0.5, 0.6) is 0 Å². The zero-order chi connectivity index (χ0) is 9.07. The molecule has 66 valence electrons. The van der Waals surface area contributed by atoms with E-state index < -0.39 is 21.9 Å². The van der Waals surface area contributed by atoms with Crippen molar-refractivity contribution >= 4 is 40.2 Å². The summed E-state index contributed by atoms with van der Waals surface area (Å²) in [5.74, 6) is -0.435. The lowest BCUT2D eigenvalue weighted by molar-refractivity contribution is -0.113. The molecule has 0 bridgehead atoms. The molecule has 0 saturated heterocycles. The van der Waals surface area contributed by atoms with Crippen molar-refractivity contribution in [2.45, 2.75) is 10.9 Å². The number of alkyl halides is 4. The molecule has 0 amide bonds. The molecule has 1 nitrogen and oxygen atoms in total. The van der Waals surface area contributed by atoms with Crippen molar-refractivity contribution in [1.82, 2.24) is 0 Å². The van der Waals surface area contributed by atoms with E-state index in [0.717, 1.165) is 0 Å². The van der Waals surface area contributed by atoms with Gasteiger partial charge in [-0.1, -0.05) is 0 Å². The van der Waals surface area contributed by atoms with E-state index >= 15 is 0 Å². The normalized spacial score (nSPS) is 14.6. The van der Waals surface area contributed by atoms with Crippen LogP contribution in [0.15, 0.2) is 0 Å². The average molecular weight is 227 g/mol. The van der Waals surface area contributed by atoms with Crippen LogP contribution in [-0.4, -0.2) is 21.9 Å². The lowest BCUT2D eigenvalue weighted by Crippen LogP contribution is -2.20. The molecule has 7 heteroatoms. The Hall–Kier alpha value is 0.390. The van der Waals surface area contributed by atoms with Gasteiger partial charge in [0.05, 0.1) is 5.75 Å². The second-order valence-corrected chi connectivity index (χ2v) is 3.73. The van der Waals surface area contributed by atoms with Crippen LogP contribution < -0.4 is 0 Å². The summed E-state index contributed by atoms with van der Waals surface area (Å²) in [6, 6.07) is 0. The number of thioether (sulfide) groups is 1. The highest BCUT2D eigenvalue weighted by atomic mass is 35.5. The molecule has 0 saturated carbocycles. The topological polar surface area (TPSA) is 17.1 Å². The minimum atomic E-state index is -4.49. The van der Waals surface area contributed by atoms with Gasteiger partial charge in [-0.25, -0.2) is 0 Å². The molecular weight excluding hydrogens is 224 g/mol. The predicted octanol–water partition coefficient (Wildman–Crippen LogP) is 2.61. The van der Waals surface area contributed by atoms with Crippen LogP contribution in [0.2, 0.25) is 0 Å². The summed E-state index contributed by atoms with van der Waals surface area (Å²) in [5.41, 5.74) is 0. The Morgan fingerprint density at radius 1 is 1.55 bits per heavy atom. The van der Waals surface area contributed by atoms with Crippen molar-refractivity contribution in [3.8, 4) is 0 Å². The van der Waals surface area contributed by atoms with Gasteiger partial charge in [0.15, 0.2) is 4.71 Å². The molecular formula is C4H3Cl2F3OS. The quantitative estimate of drug-likeness (QED) is 0.544. The van der Waals surface area contributed by atoms with Gasteiger partial charge in [0, 0.05) is 0 Å². The van der Waals surface area contributed by atoms with Crippen LogP contribution in [0.1, 0.15) is 0 Å². The summed E-state index contributed by atoms with van der Waals surface area (Å²) in [4.78, 5) is 9.99. The molecule has 0 aliphatic heterocycles. The van der Waals surface area contributed by atoms with E-state index in [1.54, 1.807) is 0 Å². The largest absolute Gasteiger partial charge is 0.414 e. The Bertz CT molecular complexity index is 149. The molecule has 0 aromatic carbocycles. The molecule has 0 heterocycles. The first-order valence-electron chi connectivity index (χ1n) is 2.34. The number of carbonyl (C=O) groups is 1. The average Bonchev–Trinajstić information content (AvgIpc) is 1.80. The fourth-order valence-corrected chi connectivity index (χ4v) is 1.08. The molecule has 0 rings (SSSR count). The van der Waals surface area contributed by atoms with E-state index in [0.29, 0.717) is 0 Å². The third-order valence-electron chi connectivity index (χ3n) is 0.600. The molecule has 0 unspecified atom stereocenters. The van der Waals surface area contributed by atoms with Gasteiger partial charge in [-0.3, -0.25) is 4.79 Å². The van der Waals surface area contributed by atoms with Gasteiger partial charge in [-0.15, -0.1) is 23.4 Å². The van der Waals surface area contributed by atoms with E-state index in [-0.39, 0.29) is 11.8 Å². The highest BCUT2D eigenvalue weighted by molar-refractivity contribution is 8.01. The minimum absolute atomic E-state index is 0.250. The van der Waals surface area contributed by atoms with Crippen LogP contribution in [0, 0.1) is 0 Å². The van der Waals surface area contributed by atoms with Gasteiger partial charge in [-0.05, 0) is 11.6 Å². The van der Waals surface area contributed by atoms with Crippen molar-refractivity contribution in [2.75, 3.05) is 5.75 Å². The van der Waals surface area contributed by atoms with E-state index in [1.165, 1.54) is 0 Å². The maximum Gasteiger partial charge on any atom is 0.414 e. The molecule has 0 aliphatic carbocycles. The number of hydrogen-bond acceptors (Lipinski definition) is 2. The van der Waals surface area contributed by atoms with Crippen LogP contribution in [0.25, 0.3) is 0 Å². The lowest BCUT2D eigenvalue weighted by atomic mass is 10.8. The zero-order valence-electron chi connectivity index (χ0n) is 4.99. The Labute approximate surface area is 75.2 Å². The second kappa shape index (κ2) is 4.42. The van der Waals surface area contributed by atoms with Crippen molar-refractivity contribution in [3.05, 3.63) is 0 Å². The SMILES string of the molecule is O=C(Cl)CS[C@@H](Cl)C(F)(F)F. The van der Waals surface area contributed by atoms with Crippen molar-refractivity contribution < 1.29 is 18.0 Å². The first-order valence-corrected chi connectivity index (χ1v) is 4.21. The number of carbonyl (C=O) groups excluding carboxylic acids is 1. The summed E-state index contributed by atoms with van der Waals surface area (Å²) < 4.78 is 32.7. The Kier molecular flexibility index (Phi) is 4.58. The highest BCUT2D eigenvalue weighted by Crippen LogP contribution is 2.33. The maximum atomic E-state index is 11.6. The highest BCUT2D eigenvalue weighted by Gasteiger charge is 2.38. The van der Waals surface area contributed by atoms with E-state index in [4.69, 9.17) is 23.2 Å². The van der Waals surface area contributed by atoms with Crippen molar-refractivity contribution in [3.63, 3.8) is 0 Å². The summed E-state index contributed by atoms with van der Waals surface area (Å²) in [7, 11) is 0. The molecule has 0 N–H and O–H groups in total. The fraction of sp³-hybridized carbons (Fsp3) is 0.750. The summed E-state index contributed by atoms with van der Waals surface area (Å²) >= 11 is 9.86. The summed E-state index contributed by atoms with van der Waals surface area (Å²) in [6.07, 6.45) is -4.49. The number of rotatable bonds is 3. The third-order valence-corrected chi connectivity index (χ3v) is 2.51. The first-order chi connectivity index (χ1) is 4.84.